The van der Waals surface area contributed by atoms with Crippen LogP contribution >= 0.6 is 11.3 Å². The number of thiazole rings is 1. The fraction of sp³-hybridized carbons (Fsp3) is 0.478. The molecule has 2 aliphatic heterocycles. The Balaban J connectivity index is 1.31. The van der Waals surface area contributed by atoms with Gasteiger partial charge in [-0.25, -0.2) is 4.98 Å². The van der Waals surface area contributed by atoms with E-state index in [1.165, 1.54) is 48.4 Å². The van der Waals surface area contributed by atoms with Crippen molar-refractivity contribution < 1.29 is 0 Å². The molecule has 2 atom stereocenters. The lowest BCUT2D eigenvalue weighted by molar-refractivity contribution is 0.225. The predicted molar refractivity (Wildman–Crippen MR) is 117 cm³/mol. The van der Waals surface area contributed by atoms with Crippen LogP contribution < -0.4 is 4.90 Å². The highest BCUT2D eigenvalue weighted by atomic mass is 32.1. The molecule has 0 bridgehead atoms. The summed E-state index contributed by atoms with van der Waals surface area (Å²) in [6, 6.07) is 11.7. The van der Waals surface area contributed by atoms with Gasteiger partial charge in [-0.05, 0) is 70.0 Å². The Hall–Kier alpha value is -1.98. The molecule has 2 aliphatic rings. The maximum absolute atomic E-state index is 4.54. The summed E-state index contributed by atoms with van der Waals surface area (Å²) in [7, 11) is 0. The van der Waals surface area contributed by atoms with Crippen LogP contribution in [0.4, 0.5) is 5.69 Å². The lowest BCUT2D eigenvalue weighted by Gasteiger charge is -2.29. The number of likely N-dealkylation sites (tertiary alicyclic amines) is 1. The van der Waals surface area contributed by atoms with E-state index in [-0.39, 0.29) is 0 Å². The molecule has 4 heterocycles. The summed E-state index contributed by atoms with van der Waals surface area (Å²) in [6.07, 6.45) is 2.59. The molecule has 0 aliphatic carbocycles. The average molecular weight is 393 g/mol. The van der Waals surface area contributed by atoms with Crippen LogP contribution in [0.1, 0.15) is 42.8 Å². The zero-order valence-electron chi connectivity index (χ0n) is 17.0. The molecular formula is C23H28N4S. The summed E-state index contributed by atoms with van der Waals surface area (Å²) >= 11 is 1.72. The summed E-state index contributed by atoms with van der Waals surface area (Å²) in [4.78, 5) is 14.3. The average Bonchev–Trinajstić information content (AvgIpc) is 3.40. The minimum atomic E-state index is 0.435. The first kappa shape index (κ1) is 18.1. The second-order valence-corrected chi connectivity index (χ2v) is 9.64. The lowest BCUT2D eigenvalue weighted by atomic mass is 9.86. The minimum absolute atomic E-state index is 0.435. The fourth-order valence-corrected chi connectivity index (χ4v) is 5.79. The van der Waals surface area contributed by atoms with E-state index in [0.29, 0.717) is 11.5 Å². The molecule has 5 rings (SSSR count). The van der Waals surface area contributed by atoms with Crippen LogP contribution in [0.3, 0.4) is 0 Å². The molecule has 0 N–H and O–H groups in total. The molecule has 4 nitrogen and oxygen atoms in total. The third-order valence-electron chi connectivity index (χ3n) is 6.72. The zero-order chi connectivity index (χ0) is 19.3. The number of benzene rings is 1. The summed E-state index contributed by atoms with van der Waals surface area (Å²) in [5, 5.41) is 0. The van der Waals surface area contributed by atoms with Crippen LogP contribution in [0.5, 0.6) is 0 Å². The van der Waals surface area contributed by atoms with Gasteiger partial charge in [-0.3, -0.25) is 9.88 Å². The molecule has 146 valence electrons. The number of hydrogen-bond acceptors (Lipinski definition) is 5. The number of nitrogens with zero attached hydrogens (tertiary/aromatic N) is 4. The number of aromatic nitrogens is 2. The Morgan fingerprint density at radius 3 is 2.64 bits per heavy atom. The van der Waals surface area contributed by atoms with Gasteiger partial charge in [0.2, 0.25) is 0 Å². The first-order valence-corrected chi connectivity index (χ1v) is 11.2. The van der Waals surface area contributed by atoms with Crippen LogP contribution in [0.15, 0.2) is 35.8 Å². The van der Waals surface area contributed by atoms with Gasteiger partial charge in [-0.2, -0.15) is 0 Å². The van der Waals surface area contributed by atoms with E-state index in [1.54, 1.807) is 11.3 Å². The first-order chi connectivity index (χ1) is 13.5. The van der Waals surface area contributed by atoms with Crippen molar-refractivity contribution >= 4 is 27.2 Å². The maximum atomic E-state index is 4.54. The summed E-state index contributed by atoms with van der Waals surface area (Å²) in [5.74, 6) is 0. The van der Waals surface area contributed by atoms with E-state index in [0.717, 1.165) is 23.4 Å². The molecule has 2 aromatic heterocycles. The molecule has 28 heavy (non-hydrogen) atoms. The van der Waals surface area contributed by atoms with Crippen molar-refractivity contribution in [2.24, 2.45) is 5.41 Å². The standard InChI is InChI=1S/C23H28N4S/c1-16-10-20(11-17(2)25-16)27-9-7-23(14-27)6-8-26(13-23)18(3)19-4-5-22-21(12-19)24-15-28-22/h4-5,10-12,15,18H,6-9,13-14H2,1-3H3. The number of pyridine rings is 1. The van der Waals surface area contributed by atoms with Crippen LogP contribution in [0, 0.1) is 19.3 Å². The van der Waals surface area contributed by atoms with Gasteiger partial charge in [0.15, 0.2) is 0 Å². The van der Waals surface area contributed by atoms with Gasteiger partial charge in [-0.1, -0.05) is 6.07 Å². The largest absolute Gasteiger partial charge is 0.371 e. The van der Waals surface area contributed by atoms with E-state index in [9.17, 15) is 0 Å². The smallest absolute Gasteiger partial charge is 0.0815 e. The van der Waals surface area contributed by atoms with Gasteiger partial charge < -0.3 is 4.90 Å². The monoisotopic (exact) mass is 392 g/mol. The van der Waals surface area contributed by atoms with E-state index < -0.39 is 0 Å². The van der Waals surface area contributed by atoms with Gasteiger partial charge in [-0.15, -0.1) is 11.3 Å². The van der Waals surface area contributed by atoms with Gasteiger partial charge in [0.05, 0.1) is 15.7 Å². The molecule has 2 fully saturated rings. The highest BCUT2D eigenvalue weighted by Crippen LogP contribution is 2.43. The SMILES string of the molecule is Cc1cc(N2CCC3(CCN(C(C)c4ccc5scnc5c4)C3)C2)cc(C)n1. The van der Waals surface area contributed by atoms with Crippen LogP contribution in [-0.4, -0.2) is 41.0 Å². The van der Waals surface area contributed by atoms with Crippen molar-refractivity contribution in [3.8, 4) is 0 Å². The normalized spacial score (nSPS) is 23.9. The minimum Gasteiger partial charge on any atom is -0.371 e. The number of aryl methyl sites for hydroxylation is 2. The van der Waals surface area contributed by atoms with Crippen LogP contribution in [-0.2, 0) is 0 Å². The van der Waals surface area contributed by atoms with Gasteiger partial charge in [0.1, 0.15) is 0 Å². The molecule has 1 spiro atoms. The lowest BCUT2D eigenvalue weighted by Crippen LogP contribution is -2.32. The quantitative estimate of drug-likeness (QED) is 0.630. The topological polar surface area (TPSA) is 32.3 Å². The van der Waals surface area contributed by atoms with Crippen molar-refractivity contribution in [1.82, 2.24) is 14.9 Å². The Labute approximate surface area is 171 Å². The summed E-state index contributed by atoms with van der Waals surface area (Å²) < 4.78 is 1.28. The number of anilines is 1. The van der Waals surface area contributed by atoms with Crippen LogP contribution in [0.25, 0.3) is 10.2 Å². The Bertz CT molecular complexity index is 993. The van der Waals surface area contributed by atoms with Gasteiger partial charge in [0.25, 0.3) is 0 Å². The van der Waals surface area contributed by atoms with E-state index in [4.69, 9.17) is 0 Å². The van der Waals surface area contributed by atoms with Gasteiger partial charge >= 0.3 is 0 Å². The molecule has 2 saturated heterocycles. The van der Waals surface area contributed by atoms with Gasteiger partial charge in [0, 0.05) is 48.2 Å². The maximum Gasteiger partial charge on any atom is 0.0815 e. The molecular weight excluding hydrogens is 364 g/mol. The molecule has 3 aromatic rings. The van der Waals surface area contributed by atoms with Crippen LogP contribution in [0.2, 0.25) is 0 Å². The second-order valence-electron chi connectivity index (χ2n) is 8.76. The van der Waals surface area contributed by atoms with Crippen molar-refractivity contribution in [3.63, 3.8) is 0 Å². The molecule has 2 unspecified atom stereocenters. The molecule has 0 radical (unpaired) electrons. The van der Waals surface area contributed by atoms with Crippen molar-refractivity contribution in [3.05, 3.63) is 52.8 Å². The number of rotatable bonds is 3. The highest BCUT2D eigenvalue weighted by molar-refractivity contribution is 7.16. The Kier molecular flexibility index (Phi) is 4.40. The molecule has 0 saturated carbocycles. The number of hydrogen-bond donors (Lipinski definition) is 0. The molecule has 5 heteroatoms. The Morgan fingerprint density at radius 1 is 1.04 bits per heavy atom. The molecule has 0 amide bonds. The second kappa shape index (κ2) is 6.82. The third kappa shape index (κ3) is 3.20. The third-order valence-corrected chi connectivity index (χ3v) is 7.53. The Morgan fingerprint density at radius 2 is 1.82 bits per heavy atom. The van der Waals surface area contributed by atoms with Crippen molar-refractivity contribution in [2.45, 2.75) is 39.7 Å². The fourth-order valence-electron chi connectivity index (χ4n) is 5.13. The predicted octanol–water partition coefficient (Wildman–Crippen LogP) is 4.97. The van der Waals surface area contributed by atoms with E-state index >= 15 is 0 Å². The first-order valence-electron chi connectivity index (χ1n) is 10.3. The van der Waals surface area contributed by atoms with E-state index in [1.807, 2.05) is 5.51 Å². The van der Waals surface area contributed by atoms with E-state index in [2.05, 4.69) is 70.9 Å². The molecule has 1 aromatic carbocycles. The summed E-state index contributed by atoms with van der Waals surface area (Å²) in [6.45, 7) is 11.3. The summed E-state index contributed by atoms with van der Waals surface area (Å²) in [5.41, 5.74) is 8.50. The van der Waals surface area contributed by atoms with Crippen molar-refractivity contribution in [1.29, 1.82) is 0 Å². The number of fused-ring (bicyclic) bond motifs is 1. The highest BCUT2D eigenvalue weighted by Gasteiger charge is 2.44. The van der Waals surface area contributed by atoms with Crippen molar-refractivity contribution in [2.75, 3.05) is 31.1 Å². The zero-order valence-corrected chi connectivity index (χ0v) is 17.8.